The second-order valence-electron chi connectivity index (χ2n) is 4.30. The summed E-state index contributed by atoms with van der Waals surface area (Å²) < 4.78 is 26.0. The SMILES string of the molecule is CCNCc1ccc(C)c(S(=O)(=O)N(C)CC)c1. The lowest BCUT2D eigenvalue weighted by atomic mass is 10.1. The number of nitrogens with one attached hydrogen (secondary N) is 1. The molecule has 0 heterocycles. The molecule has 0 aliphatic rings. The molecule has 18 heavy (non-hydrogen) atoms. The Kier molecular flexibility index (Phi) is 5.31. The van der Waals surface area contributed by atoms with Gasteiger partial charge >= 0.3 is 0 Å². The Hall–Kier alpha value is -0.910. The Labute approximate surface area is 110 Å². The monoisotopic (exact) mass is 270 g/mol. The lowest BCUT2D eigenvalue weighted by Crippen LogP contribution is -2.27. The van der Waals surface area contributed by atoms with Crippen LogP contribution in [0.5, 0.6) is 0 Å². The number of nitrogens with zero attached hydrogens (tertiary/aromatic N) is 1. The molecular formula is C13H22N2O2S. The van der Waals surface area contributed by atoms with Crippen LogP contribution in [0.15, 0.2) is 23.1 Å². The van der Waals surface area contributed by atoms with Gasteiger partial charge in [-0.3, -0.25) is 0 Å². The van der Waals surface area contributed by atoms with Gasteiger partial charge in [0, 0.05) is 20.1 Å². The predicted octanol–water partition coefficient (Wildman–Crippen LogP) is 1.74. The highest BCUT2D eigenvalue weighted by atomic mass is 32.2. The molecule has 0 saturated heterocycles. The molecule has 0 amide bonds. The topological polar surface area (TPSA) is 49.4 Å². The molecule has 0 unspecified atom stereocenters. The summed E-state index contributed by atoms with van der Waals surface area (Å²) in [6, 6.07) is 5.59. The number of aryl methyl sites for hydroxylation is 1. The van der Waals surface area contributed by atoms with Crippen molar-refractivity contribution in [1.82, 2.24) is 9.62 Å². The van der Waals surface area contributed by atoms with Gasteiger partial charge in [-0.1, -0.05) is 26.0 Å². The van der Waals surface area contributed by atoms with Crippen molar-refractivity contribution in [3.8, 4) is 0 Å². The van der Waals surface area contributed by atoms with E-state index >= 15 is 0 Å². The molecular weight excluding hydrogens is 248 g/mol. The molecule has 4 nitrogen and oxygen atoms in total. The van der Waals surface area contributed by atoms with E-state index in [9.17, 15) is 8.42 Å². The van der Waals surface area contributed by atoms with Crippen molar-refractivity contribution in [2.45, 2.75) is 32.2 Å². The fraction of sp³-hybridized carbons (Fsp3) is 0.538. The third-order valence-electron chi connectivity index (χ3n) is 2.97. The molecule has 0 aromatic heterocycles. The fourth-order valence-corrected chi connectivity index (χ4v) is 3.09. The molecule has 0 saturated carbocycles. The van der Waals surface area contributed by atoms with Crippen molar-refractivity contribution >= 4 is 10.0 Å². The Morgan fingerprint density at radius 2 is 1.94 bits per heavy atom. The summed E-state index contributed by atoms with van der Waals surface area (Å²) in [5.41, 5.74) is 1.78. The molecule has 102 valence electrons. The molecule has 5 heteroatoms. The smallest absolute Gasteiger partial charge is 0.243 e. The van der Waals surface area contributed by atoms with Crippen LogP contribution >= 0.6 is 0 Å². The van der Waals surface area contributed by atoms with Crippen molar-refractivity contribution in [2.24, 2.45) is 0 Å². The summed E-state index contributed by atoms with van der Waals surface area (Å²) in [6.45, 7) is 7.71. The fourth-order valence-electron chi connectivity index (χ4n) is 1.64. The molecule has 1 N–H and O–H groups in total. The van der Waals surface area contributed by atoms with Crippen molar-refractivity contribution in [3.63, 3.8) is 0 Å². The van der Waals surface area contributed by atoms with E-state index in [2.05, 4.69) is 5.32 Å². The Bertz CT molecular complexity index is 498. The lowest BCUT2D eigenvalue weighted by Gasteiger charge is -2.17. The van der Waals surface area contributed by atoms with Crippen LogP contribution in [0.3, 0.4) is 0 Å². The summed E-state index contributed by atoms with van der Waals surface area (Å²) in [6.07, 6.45) is 0. The van der Waals surface area contributed by atoms with Gasteiger partial charge in [0.15, 0.2) is 0 Å². The molecule has 0 aliphatic heterocycles. The number of rotatable bonds is 6. The first-order valence-corrected chi connectivity index (χ1v) is 7.64. The molecule has 1 rings (SSSR count). The molecule has 0 atom stereocenters. The quantitative estimate of drug-likeness (QED) is 0.856. The molecule has 0 fully saturated rings. The maximum Gasteiger partial charge on any atom is 0.243 e. The van der Waals surface area contributed by atoms with Crippen LogP contribution < -0.4 is 5.32 Å². The van der Waals surface area contributed by atoms with Crippen molar-refractivity contribution in [2.75, 3.05) is 20.1 Å². The van der Waals surface area contributed by atoms with E-state index < -0.39 is 10.0 Å². The van der Waals surface area contributed by atoms with Gasteiger partial charge in [0.05, 0.1) is 4.90 Å². The Morgan fingerprint density at radius 3 is 2.50 bits per heavy atom. The van der Waals surface area contributed by atoms with Crippen LogP contribution in [-0.4, -0.2) is 32.9 Å². The minimum absolute atomic E-state index is 0.405. The first kappa shape index (κ1) is 15.1. The molecule has 1 aromatic carbocycles. The minimum Gasteiger partial charge on any atom is -0.313 e. The minimum atomic E-state index is -3.36. The third kappa shape index (κ3) is 3.31. The van der Waals surface area contributed by atoms with E-state index in [-0.39, 0.29) is 0 Å². The number of sulfonamides is 1. The molecule has 0 bridgehead atoms. The van der Waals surface area contributed by atoms with Gasteiger partial charge in [0.2, 0.25) is 10.0 Å². The zero-order valence-corrected chi connectivity index (χ0v) is 12.3. The van der Waals surface area contributed by atoms with Crippen LogP contribution in [-0.2, 0) is 16.6 Å². The van der Waals surface area contributed by atoms with Gasteiger partial charge in [-0.05, 0) is 30.7 Å². The van der Waals surface area contributed by atoms with E-state index in [1.165, 1.54) is 4.31 Å². The highest BCUT2D eigenvalue weighted by Gasteiger charge is 2.21. The summed E-state index contributed by atoms with van der Waals surface area (Å²) in [5, 5.41) is 3.20. The van der Waals surface area contributed by atoms with Crippen LogP contribution in [0.1, 0.15) is 25.0 Å². The molecule has 0 aliphatic carbocycles. The van der Waals surface area contributed by atoms with E-state index in [1.54, 1.807) is 13.1 Å². The van der Waals surface area contributed by atoms with Crippen molar-refractivity contribution in [1.29, 1.82) is 0 Å². The van der Waals surface area contributed by atoms with Crippen molar-refractivity contribution < 1.29 is 8.42 Å². The average molecular weight is 270 g/mol. The Balaban J connectivity index is 3.15. The summed E-state index contributed by atoms with van der Waals surface area (Å²) >= 11 is 0. The molecule has 1 aromatic rings. The van der Waals surface area contributed by atoms with Gasteiger partial charge in [-0.15, -0.1) is 0 Å². The normalized spacial score (nSPS) is 12.1. The number of benzene rings is 1. The first-order valence-electron chi connectivity index (χ1n) is 6.20. The maximum absolute atomic E-state index is 12.3. The summed E-state index contributed by atoms with van der Waals surface area (Å²) in [4.78, 5) is 0.405. The van der Waals surface area contributed by atoms with E-state index in [1.807, 2.05) is 32.9 Å². The first-order chi connectivity index (χ1) is 8.43. The predicted molar refractivity (Wildman–Crippen MR) is 74.0 cm³/mol. The number of hydrogen-bond donors (Lipinski definition) is 1. The summed E-state index contributed by atoms with van der Waals surface area (Å²) in [7, 11) is -1.76. The van der Waals surface area contributed by atoms with Gasteiger partial charge in [0.25, 0.3) is 0 Å². The standard InChI is InChI=1S/C13H22N2O2S/c1-5-14-10-12-8-7-11(3)13(9-12)18(16,17)15(4)6-2/h7-9,14H,5-6,10H2,1-4H3. The van der Waals surface area contributed by atoms with Gasteiger partial charge in [-0.25, -0.2) is 12.7 Å². The largest absolute Gasteiger partial charge is 0.313 e. The zero-order chi connectivity index (χ0) is 13.8. The van der Waals surface area contributed by atoms with Crippen molar-refractivity contribution in [3.05, 3.63) is 29.3 Å². The van der Waals surface area contributed by atoms with Gasteiger partial charge in [-0.2, -0.15) is 0 Å². The van der Waals surface area contributed by atoms with Gasteiger partial charge < -0.3 is 5.32 Å². The highest BCUT2D eigenvalue weighted by molar-refractivity contribution is 7.89. The van der Waals surface area contributed by atoms with Crippen LogP contribution in [0, 0.1) is 6.92 Å². The second-order valence-corrected chi connectivity index (χ2v) is 6.31. The van der Waals surface area contributed by atoms with E-state index in [0.717, 1.165) is 17.7 Å². The maximum atomic E-state index is 12.3. The van der Waals surface area contributed by atoms with Crippen LogP contribution in [0.25, 0.3) is 0 Å². The van der Waals surface area contributed by atoms with Crippen LogP contribution in [0.2, 0.25) is 0 Å². The second kappa shape index (κ2) is 6.31. The van der Waals surface area contributed by atoms with E-state index in [4.69, 9.17) is 0 Å². The number of hydrogen-bond acceptors (Lipinski definition) is 3. The summed E-state index contributed by atoms with van der Waals surface area (Å²) in [5.74, 6) is 0. The molecule has 0 radical (unpaired) electrons. The van der Waals surface area contributed by atoms with Crippen LogP contribution in [0.4, 0.5) is 0 Å². The lowest BCUT2D eigenvalue weighted by molar-refractivity contribution is 0.485. The highest BCUT2D eigenvalue weighted by Crippen LogP contribution is 2.20. The third-order valence-corrected chi connectivity index (χ3v) is 5.04. The van der Waals surface area contributed by atoms with E-state index in [0.29, 0.717) is 18.0 Å². The van der Waals surface area contributed by atoms with Gasteiger partial charge in [0.1, 0.15) is 0 Å². The Morgan fingerprint density at radius 1 is 1.28 bits per heavy atom. The molecule has 0 spiro atoms. The zero-order valence-electron chi connectivity index (χ0n) is 11.5. The average Bonchev–Trinajstić information content (AvgIpc) is 2.36.